The summed E-state index contributed by atoms with van der Waals surface area (Å²) in [5.74, 6) is -0.0104. The Balaban J connectivity index is 1.86. The van der Waals surface area contributed by atoms with Crippen molar-refractivity contribution >= 4 is 16.8 Å². The first-order valence-corrected chi connectivity index (χ1v) is 7.29. The van der Waals surface area contributed by atoms with Crippen molar-refractivity contribution in [1.82, 2.24) is 9.88 Å². The Hall–Kier alpha value is -2.14. The van der Waals surface area contributed by atoms with E-state index in [1.54, 1.807) is 6.07 Å². The SMILES string of the molecule is NC[C@H]1CCCN1C(=O)Cc1cc2ccccc2[nH]c1=O. The number of carbonyl (C=O) groups excluding carboxylic acids is 1. The smallest absolute Gasteiger partial charge is 0.252 e. The van der Waals surface area contributed by atoms with Gasteiger partial charge in [0.1, 0.15) is 0 Å². The molecule has 2 aromatic rings. The fraction of sp³-hybridized carbons (Fsp3) is 0.375. The topological polar surface area (TPSA) is 79.2 Å². The highest BCUT2D eigenvalue weighted by atomic mass is 16.2. The minimum atomic E-state index is -0.189. The lowest BCUT2D eigenvalue weighted by Gasteiger charge is -2.23. The molecule has 21 heavy (non-hydrogen) atoms. The van der Waals surface area contributed by atoms with Gasteiger partial charge in [0, 0.05) is 30.2 Å². The summed E-state index contributed by atoms with van der Waals surface area (Å²) in [6.07, 6.45) is 2.08. The van der Waals surface area contributed by atoms with Crippen molar-refractivity contribution in [2.24, 2.45) is 5.73 Å². The molecule has 0 spiro atoms. The summed E-state index contributed by atoms with van der Waals surface area (Å²) >= 11 is 0. The van der Waals surface area contributed by atoms with Crippen LogP contribution in [0, 0.1) is 0 Å². The lowest BCUT2D eigenvalue weighted by molar-refractivity contribution is -0.131. The second kappa shape index (κ2) is 5.69. The maximum Gasteiger partial charge on any atom is 0.252 e. The third-order valence-corrected chi connectivity index (χ3v) is 4.14. The number of nitrogens with zero attached hydrogens (tertiary/aromatic N) is 1. The molecule has 0 unspecified atom stereocenters. The minimum Gasteiger partial charge on any atom is -0.338 e. The quantitative estimate of drug-likeness (QED) is 0.883. The number of nitrogens with two attached hydrogens (primary N) is 1. The Labute approximate surface area is 122 Å². The van der Waals surface area contributed by atoms with E-state index in [0.29, 0.717) is 12.1 Å². The lowest BCUT2D eigenvalue weighted by atomic mass is 10.1. The van der Waals surface area contributed by atoms with Gasteiger partial charge < -0.3 is 15.6 Å². The van der Waals surface area contributed by atoms with Crippen molar-refractivity contribution in [3.05, 3.63) is 46.2 Å². The molecule has 3 N–H and O–H groups in total. The first-order valence-electron chi connectivity index (χ1n) is 7.29. The van der Waals surface area contributed by atoms with Gasteiger partial charge in [-0.05, 0) is 30.4 Å². The molecule has 1 aromatic carbocycles. The zero-order chi connectivity index (χ0) is 14.8. The second-order valence-electron chi connectivity index (χ2n) is 5.51. The Morgan fingerprint density at radius 2 is 2.19 bits per heavy atom. The maximum atomic E-state index is 12.4. The van der Waals surface area contributed by atoms with Crippen LogP contribution < -0.4 is 11.3 Å². The summed E-state index contributed by atoms with van der Waals surface area (Å²) in [6.45, 7) is 1.23. The molecule has 1 amide bonds. The molecule has 5 heteroatoms. The van der Waals surface area contributed by atoms with E-state index in [4.69, 9.17) is 5.73 Å². The molecule has 1 saturated heterocycles. The number of carbonyl (C=O) groups is 1. The van der Waals surface area contributed by atoms with Gasteiger partial charge in [0.05, 0.1) is 6.42 Å². The number of rotatable bonds is 3. The van der Waals surface area contributed by atoms with Crippen LogP contribution in [-0.2, 0) is 11.2 Å². The van der Waals surface area contributed by atoms with Crippen LogP contribution in [0.4, 0.5) is 0 Å². The molecule has 1 aliphatic rings. The predicted octanol–water partition coefficient (Wildman–Crippen LogP) is 1.02. The normalized spacial score (nSPS) is 18.3. The molecule has 0 saturated carbocycles. The number of likely N-dealkylation sites (tertiary alicyclic amines) is 1. The van der Waals surface area contributed by atoms with E-state index in [1.807, 2.05) is 29.2 Å². The van der Waals surface area contributed by atoms with Gasteiger partial charge in [-0.2, -0.15) is 0 Å². The first kappa shape index (κ1) is 13.8. The van der Waals surface area contributed by atoms with Crippen LogP contribution in [0.5, 0.6) is 0 Å². The Kier molecular flexibility index (Phi) is 3.75. The third-order valence-electron chi connectivity index (χ3n) is 4.14. The van der Waals surface area contributed by atoms with E-state index in [1.165, 1.54) is 0 Å². The average Bonchev–Trinajstić information content (AvgIpc) is 2.96. The lowest BCUT2D eigenvalue weighted by Crippen LogP contribution is -2.41. The summed E-state index contributed by atoms with van der Waals surface area (Å²) in [5.41, 5.74) is 6.82. The molecular formula is C16H19N3O2. The summed E-state index contributed by atoms with van der Waals surface area (Å²) in [4.78, 5) is 29.1. The third kappa shape index (κ3) is 2.69. The number of nitrogens with one attached hydrogen (secondary N) is 1. The molecule has 0 aliphatic carbocycles. The molecule has 1 fully saturated rings. The van der Waals surface area contributed by atoms with Crippen LogP contribution in [0.2, 0.25) is 0 Å². The van der Waals surface area contributed by atoms with E-state index in [-0.39, 0.29) is 23.9 Å². The number of para-hydroxylation sites is 1. The van der Waals surface area contributed by atoms with Gasteiger partial charge in [0.2, 0.25) is 5.91 Å². The number of amides is 1. The molecule has 5 nitrogen and oxygen atoms in total. The molecular weight excluding hydrogens is 266 g/mol. The number of hydrogen-bond donors (Lipinski definition) is 2. The molecule has 2 heterocycles. The molecule has 0 bridgehead atoms. The monoisotopic (exact) mass is 285 g/mol. The van der Waals surface area contributed by atoms with Crippen LogP contribution in [-0.4, -0.2) is 34.9 Å². The minimum absolute atomic E-state index is 0.0104. The molecule has 1 aliphatic heterocycles. The van der Waals surface area contributed by atoms with Gasteiger partial charge in [-0.3, -0.25) is 9.59 Å². The Morgan fingerprint density at radius 3 is 3.00 bits per heavy atom. The summed E-state index contributed by atoms with van der Waals surface area (Å²) in [5, 5.41) is 0.941. The van der Waals surface area contributed by atoms with Crippen molar-refractivity contribution < 1.29 is 4.79 Å². The summed E-state index contributed by atoms with van der Waals surface area (Å²) in [7, 11) is 0. The molecule has 1 atom stereocenters. The van der Waals surface area contributed by atoms with Crippen LogP contribution in [0.25, 0.3) is 10.9 Å². The highest BCUT2D eigenvalue weighted by Crippen LogP contribution is 2.18. The summed E-state index contributed by atoms with van der Waals surface area (Å²) < 4.78 is 0. The van der Waals surface area contributed by atoms with Gasteiger partial charge in [0.15, 0.2) is 0 Å². The van der Waals surface area contributed by atoms with Crippen LogP contribution in [0.15, 0.2) is 35.1 Å². The number of benzene rings is 1. The standard InChI is InChI=1S/C16H19N3O2/c17-10-13-5-3-7-19(13)15(20)9-12-8-11-4-1-2-6-14(11)18-16(12)21/h1-2,4,6,8,13H,3,5,7,9-10,17H2,(H,18,21)/t13-/m1/s1. The van der Waals surface area contributed by atoms with Gasteiger partial charge in [-0.25, -0.2) is 0 Å². The fourth-order valence-corrected chi connectivity index (χ4v) is 3.00. The average molecular weight is 285 g/mol. The highest BCUT2D eigenvalue weighted by molar-refractivity contribution is 5.83. The van der Waals surface area contributed by atoms with Crippen molar-refractivity contribution in [2.75, 3.05) is 13.1 Å². The van der Waals surface area contributed by atoms with Crippen LogP contribution in [0.3, 0.4) is 0 Å². The van der Waals surface area contributed by atoms with Crippen molar-refractivity contribution in [2.45, 2.75) is 25.3 Å². The fourth-order valence-electron chi connectivity index (χ4n) is 3.00. The predicted molar refractivity (Wildman–Crippen MR) is 82.1 cm³/mol. The number of hydrogen-bond acceptors (Lipinski definition) is 3. The number of aromatic amines is 1. The Bertz CT molecular complexity index is 723. The van der Waals surface area contributed by atoms with E-state index < -0.39 is 0 Å². The van der Waals surface area contributed by atoms with Gasteiger partial charge >= 0.3 is 0 Å². The van der Waals surface area contributed by atoms with Crippen molar-refractivity contribution in [3.8, 4) is 0 Å². The van der Waals surface area contributed by atoms with Gasteiger partial charge in [-0.15, -0.1) is 0 Å². The number of pyridine rings is 1. The molecule has 1 aromatic heterocycles. The zero-order valence-electron chi connectivity index (χ0n) is 11.8. The van der Waals surface area contributed by atoms with Gasteiger partial charge in [0.25, 0.3) is 5.56 Å². The van der Waals surface area contributed by atoms with Crippen molar-refractivity contribution in [3.63, 3.8) is 0 Å². The molecule has 3 rings (SSSR count). The number of fused-ring (bicyclic) bond motifs is 1. The molecule has 110 valence electrons. The van der Waals surface area contributed by atoms with E-state index in [9.17, 15) is 9.59 Å². The Morgan fingerprint density at radius 1 is 1.38 bits per heavy atom. The van der Waals surface area contributed by atoms with Crippen LogP contribution >= 0.6 is 0 Å². The van der Waals surface area contributed by atoms with Crippen LogP contribution in [0.1, 0.15) is 18.4 Å². The zero-order valence-corrected chi connectivity index (χ0v) is 11.8. The maximum absolute atomic E-state index is 12.4. The largest absolute Gasteiger partial charge is 0.338 e. The van der Waals surface area contributed by atoms with Crippen molar-refractivity contribution in [1.29, 1.82) is 0 Å². The number of aromatic nitrogens is 1. The van der Waals surface area contributed by atoms with E-state index >= 15 is 0 Å². The van der Waals surface area contributed by atoms with Gasteiger partial charge in [-0.1, -0.05) is 18.2 Å². The second-order valence-corrected chi connectivity index (χ2v) is 5.51. The first-order chi connectivity index (χ1) is 10.2. The molecule has 0 radical (unpaired) electrons. The van der Waals surface area contributed by atoms with E-state index in [2.05, 4.69) is 4.98 Å². The summed E-state index contributed by atoms with van der Waals surface area (Å²) in [6, 6.07) is 9.50. The number of H-pyrrole nitrogens is 1. The van der Waals surface area contributed by atoms with E-state index in [0.717, 1.165) is 30.3 Å². The highest BCUT2D eigenvalue weighted by Gasteiger charge is 2.27.